The van der Waals surface area contributed by atoms with Gasteiger partial charge in [-0.05, 0) is 23.8 Å². The fourth-order valence-corrected chi connectivity index (χ4v) is 2.84. The molecule has 0 aliphatic heterocycles. The first-order chi connectivity index (χ1) is 13.2. The van der Waals surface area contributed by atoms with Crippen LogP contribution in [-0.2, 0) is 6.18 Å². The van der Waals surface area contributed by atoms with Crippen molar-refractivity contribution in [3.63, 3.8) is 0 Å². The standard InChI is InChI=1S/C20H11F3N2O3/c21-20(22,23)13-8-15(12-4-2-1-3-5-12)18(11-24)16(9-13)17-10-14(25(27)28)6-7-19(17)26/h1-10,26H. The molecule has 0 atom stereocenters. The van der Waals surface area contributed by atoms with E-state index in [0.29, 0.717) is 11.6 Å². The Kier molecular flexibility index (Phi) is 4.76. The molecule has 0 spiro atoms. The first-order valence-corrected chi connectivity index (χ1v) is 7.91. The van der Waals surface area contributed by atoms with E-state index in [1.165, 1.54) is 0 Å². The Morgan fingerprint density at radius 3 is 2.18 bits per heavy atom. The minimum atomic E-state index is -4.72. The largest absolute Gasteiger partial charge is 0.507 e. The van der Waals surface area contributed by atoms with Crippen LogP contribution in [0.2, 0.25) is 0 Å². The molecule has 1 N–H and O–H groups in total. The van der Waals surface area contributed by atoms with Gasteiger partial charge in [-0.15, -0.1) is 0 Å². The quantitative estimate of drug-likeness (QED) is 0.475. The number of nitro benzene ring substituents is 1. The van der Waals surface area contributed by atoms with Crippen LogP contribution in [0.25, 0.3) is 22.3 Å². The van der Waals surface area contributed by atoms with Crippen LogP contribution in [0.1, 0.15) is 11.1 Å². The van der Waals surface area contributed by atoms with E-state index in [9.17, 15) is 33.7 Å². The summed E-state index contributed by atoms with van der Waals surface area (Å²) < 4.78 is 40.4. The Bertz CT molecular complexity index is 1100. The lowest BCUT2D eigenvalue weighted by atomic mass is 9.89. The maximum atomic E-state index is 13.5. The van der Waals surface area contributed by atoms with Gasteiger partial charge in [0.15, 0.2) is 0 Å². The number of rotatable bonds is 3. The Morgan fingerprint density at radius 2 is 1.61 bits per heavy atom. The number of alkyl halides is 3. The second-order valence-electron chi connectivity index (χ2n) is 5.88. The Balaban J connectivity index is 2.40. The first-order valence-electron chi connectivity index (χ1n) is 7.91. The summed E-state index contributed by atoms with van der Waals surface area (Å²) in [6, 6.07) is 14.4. The second kappa shape index (κ2) is 7.04. The summed E-state index contributed by atoms with van der Waals surface area (Å²) in [4.78, 5) is 10.3. The van der Waals surface area contributed by atoms with E-state index in [4.69, 9.17) is 0 Å². The number of nitro groups is 1. The molecule has 3 rings (SSSR count). The number of halogens is 3. The van der Waals surface area contributed by atoms with E-state index in [1.807, 2.05) is 6.07 Å². The molecular weight excluding hydrogens is 373 g/mol. The number of hydrogen-bond acceptors (Lipinski definition) is 4. The second-order valence-corrected chi connectivity index (χ2v) is 5.88. The van der Waals surface area contributed by atoms with Crippen LogP contribution < -0.4 is 0 Å². The number of hydrogen-bond donors (Lipinski definition) is 1. The fourth-order valence-electron chi connectivity index (χ4n) is 2.84. The predicted molar refractivity (Wildman–Crippen MR) is 95.4 cm³/mol. The monoisotopic (exact) mass is 384 g/mol. The lowest BCUT2D eigenvalue weighted by Crippen LogP contribution is -2.07. The van der Waals surface area contributed by atoms with E-state index in [0.717, 1.165) is 24.3 Å². The maximum absolute atomic E-state index is 13.5. The molecule has 0 saturated heterocycles. The van der Waals surface area contributed by atoms with E-state index in [1.54, 1.807) is 30.3 Å². The van der Waals surface area contributed by atoms with Gasteiger partial charge in [0.05, 0.1) is 16.1 Å². The van der Waals surface area contributed by atoms with Gasteiger partial charge in [-0.25, -0.2) is 0 Å². The number of non-ortho nitro benzene ring substituents is 1. The molecular formula is C20H11F3N2O3. The first kappa shape index (κ1) is 18.9. The molecule has 0 amide bonds. The number of nitriles is 1. The van der Waals surface area contributed by atoms with E-state index >= 15 is 0 Å². The highest BCUT2D eigenvalue weighted by molar-refractivity contribution is 5.85. The highest BCUT2D eigenvalue weighted by Gasteiger charge is 2.33. The molecule has 0 aliphatic rings. The van der Waals surface area contributed by atoms with Crippen LogP contribution in [0, 0.1) is 21.4 Å². The van der Waals surface area contributed by atoms with Gasteiger partial charge in [-0.3, -0.25) is 10.1 Å². The van der Waals surface area contributed by atoms with E-state index in [-0.39, 0.29) is 22.3 Å². The summed E-state index contributed by atoms with van der Waals surface area (Å²) in [6.45, 7) is 0. The van der Waals surface area contributed by atoms with Crippen molar-refractivity contribution in [1.82, 2.24) is 0 Å². The van der Waals surface area contributed by atoms with Crippen molar-refractivity contribution < 1.29 is 23.2 Å². The molecule has 8 heteroatoms. The Hall–Kier alpha value is -3.86. The number of benzene rings is 3. The van der Waals surface area contributed by atoms with Crippen molar-refractivity contribution in [1.29, 1.82) is 5.26 Å². The molecule has 3 aromatic carbocycles. The lowest BCUT2D eigenvalue weighted by molar-refractivity contribution is -0.384. The molecule has 3 aromatic rings. The van der Waals surface area contributed by atoms with Gasteiger partial charge in [-0.1, -0.05) is 30.3 Å². The molecule has 0 saturated carbocycles. The topological polar surface area (TPSA) is 87.2 Å². The van der Waals surface area contributed by atoms with Crippen molar-refractivity contribution in [2.24, 2.45) is 0 Å². The molecule has 0 unspecified atom stereocenters. The fraction of sp³-hybridized carbons (Fsp3) is 0.0500. The third-order valence-electron chi connectivity index (χ3n) is 4.14. The van der Waals surface area contributed by atoms with E-state index < -0.39 is 28.1 Å². The summed E-state index contributed by atoms with van der Waals surface area (Å²) in [5.74, 6) is -0.472. The molecule has 0 fully saturated rings. The molecule has 0 radical (unpaired) electrons. The number of nitrogens with zero attached hydrogens (tertiary/aromatic N) is 2. The summed E-state index contributed by atoms with van der Waals surface area (Å²) in [5.41, 5.74) is -1.67. The van der Waals surface area contributed by atoms with Crippen molar-refractivity contribution in [3.8, 4) is 34.1 Å². The predicted octanol–water partition coefficient (Wildman–Crippen LogP) is 5.52. The summed E-state index contributed by atoms with van der Waals surface area (Å²) in [5, 5.41) is 30.8. The number of aromatic hydroxyl groups is 1. The van der Waals surface area contributed by atoms with Gasteiger partial charge in [0.25, 0.3) is 5.69 Å². The van der Waals surface area contributed by atoms with Gasteiger partial charge >= 0.3 is 6.18 Å². The van der Waals surface area contributed by atoms with Crippen LogP contribution in [0.4, 0.5) is 18.9 Å². The van der Waals surface area contributed by atoms with Crippen LogP contribution in [0.5, 0.6) is 5.75 Å². The third kappa shape index (κ3) is 3.50. The molecule has 0 bridgehead atoms. The van der Waals surface area contributed by atoms with E-state index in [2.05, 4.69) is 0 Å². The highest BCUT2D eigenvalue weighted by atomic mass is 19.4. The highest BCUT2D eigenvalue weighted by Crippen LogP contribution is 2.42. The number of phenolic OH excluding ortho intramolecular Hbond substituents is 1. The van der Waals surface area contributed by atoms with Crippen molar-refractivity contribution >= 4 is 5.69 Å². The van der Waals surface area contributed by atoms with Crippen molar-refractivity contribution in [2.45, 2.75) is 6.18 Å². The smallest absolute Gasteiger partial charge is 0.416 e. The zero-order valence-corrected chi connectivity index (χ0v) is 14.1. The summed E-state index contributed by atoms with van der Waals surface area (Å²) in [7, 11) is 0. The zero-order valence-electron chi connectivity index (χ0n) is 14.1. The minimum Gasteiger partial charge on any atom is -0.507 e. The van der Waals surface area contributed by atoms with Crippen molar-refractivity contribution in [2.75, 3.05) is 0 Å². The summed E-state index contributed by atoms with van der Waals surface area (Å²) in [6.07, 6.45) is -4.72. The molecule has 28 heavy (non-hydrogen) atoms. The van der Waals surface area contributed by atoms with Gasteiger partial charge in [-0.2, -0.15) is 18.4 Å². The van der Waals surface area contributed by atoms with Crippen LogP contribution >= 0.6 is 0 Å². The molecule has 5 nitrogen and oxygen atoms in total. The average molecular weight is 384 g/mol. The van der Waals surface area contributed by atoms with Crippen LogP contribution in [-0.4, -0.2) is 10.0 Å². The average Bonchev–Trinajstić information content (AvgIpc) is 2.67. The van der Waals surface area contributed by atoms with Crippen LogP contribution in [0.3, 0.4) is 0 Å². The van der Waals surface area contributed by atoms with Gasteiger partial charge in [0.2, 0.25) is 0 Å². The third-order valence-corrected chi connectivity index (χ3v) is 4.14. The summed E-state index contributed by atoms with van der Waals surface area (Å²) >= 11 is 0. The lowest BCUT2D eigenvalue weighted by Gasteiger charge is -2.16. The SMILES string of the molecule is N#Cc1c(-c2ccccc2)cc(C(F)(F)F)cc1-c1cc([N+](=O)[O-])ccc1O. The molecule has 140 valence electrons. The normalized spacial score (nSPS) is 11.1. The Labute approximate surface area is 157 Å². The van der Waals surface area contributed by atoms with Crippen LogP contribution in [0.15, 0.2) is 60.7 Å². The maximum Gasteiger partial charge on any atom is 0.416 e. The molecule has 0 heterocycles. The Morgan fingerprint density at radius 1 is 0.964 bits per heavy atom. The van der Waals surface area contributed by atoms with Gasteiger partial charge < -0.3 is 5.11 Å². The van der Waals surface area contributed by atoms with Crippen molar-refractivity contribution in [3.05, 3.63) is 81.9 Å². The van der Waals surface area contributed by atoms with Gasteiger partial charge in [0.1, 0.15) is 11.8 Å². The molecule has 0 aliphatic carbocycles. The molecule has 0 aromatic heterocycles. The minimum absolute atomic E-state index is 0.0128. The van der Waals surface area contributed by atoms with Gasteiger partial charge in [0, 0.05) is 28.8 Å². The number of phenols is 1. The zero-order chi connectivity index (χ0) is 20.5.